The molecule has 0 aromatic rings. The molecule has 0 aliphatic carbocycles. The van der Waals surface area contributed by atoms with Gasteiger partial charge in [-0.25, -0.2) is 9.59 Å². The summed E-state index contributed by atoms with van der Waals surface area (Å²) in [6.45, 7) is 11.3. The molecule has 0 aliphatic rings. The van der Waals surface area contributed by atoms with E-state index in [4.69, 9.17) is 20.4 Å². The lowest BCUT2D eigenvalue weighted by atomic mass is 10.1. The van der Waals surface area contributed by atoms with Crippen molar-refractivity contribution in [2.24, 2.45) is 0 Å². The largest absolute Gasteiger partial charge is 0.478 e. The standard InChI is InChI=1S/C12H26O2.2C4H6O2/c1-2-3-4-5-6-7-8-9-10-12(14)11-13;2*1-3(2)4(5)6/h12-14H,2-11H2,1H3;2*1H2,2H3,(H,5,6). The van der Waals surface area contributed by atoms with Crippen LogP contribution in [0.2, 0.25) is 0 Å². The van der Waals surface area contributed by atoms with Crippen LogP contribution < -0.4 is 0 Å². The second-order valence-electron chi connectivity index (χ2n) is 6.27. The topological polar surface area (TPSA) is 115 Å². The Kier molecular flexibility index (Phi) is 23.9. The van der Waals surface area contributed by atoms with E-state index in [1.165, 1.54) is 58.8 Å². The maximum Gasteiger partial charge on any atom is 0.330 e. The highest BCUT2D eigenvalue weighted by molar-refractivity contribution is 5.85. The van der Waals surface area contributed by atoms with Crippen molar-refractivity contribution in [3.63, 3.8) is 0 Å². The molecule has 0 saturated carbocycles. The number of carbonyl (C=O) groups is 2. The summed E-state index contributed by atoms with van der Waals surface area (Å²) in [6.07, 6.45) is 10.5. The van der Waals surface area contributed by atoms with E-state index in [9.17, 15) is 9.59 Å². The SMILES string of the molecule is C=C(C)C(=O)O.C=C(C)C(=O)O.CCCCCCCCCCC(O)CO. The van der Waals surface area contributed by atoms with Crippen molar-refractivity contribution in [3.8, 4) is 0 Å². The first kappa shape index (κ1) is 29.1. The number of aliphatic hydroxyl groups excluding tert-OH is 2. The van der Waals surface area contributed by atoms with E-state index in [0.717, 1.165) is 12.8 Å². The van der Waals surface area contributed by atoms with Gasteiger partial charge in [-0.1, -0.05) is 71.4 Å². The number of rotatable bonds is 12. The summed E-state index contributed by atoms with van der Waals surface area (Å²) >= 11 is 0. The first-order valence-electron chi connectivity index (χ1n) is 9.16. The van der Waals surface area contributed by atoms with E-state index in [1.54, 1.807) is 0 Å². The minimum absolute atomic E-state index is 0.0868. The normalized spacial score (nSPS) is 10.5. The van der Waals surface area contributed by atoms with E-state index in [1.807, 2.05) is 0 Å². The predicted octanol–water partition coefficient (Wildman–Crippen LogP) is 4.16. The van der Waals surface area contributed by atoms with E-state index in [-0.39, 0.29) is 17.8 Å². The monoisotopic (exact) mass is 374 g/mol. The molecule has 1 unspecified atom stereocenters. The number of unbranched alkanes of at least 4 members (excludes halogenated alkanes) is 7. The summed E-state index contributed by atoms with van der Waals surface area (Å²) in [5, 5.41) is 33.4. The highest BCUT2D eigenvalue weighted by atomic mass is 16.4. The molecule has 6 nitrogen and oxygen atoms in total. The number of aliphatic hydroxyl groups is 2. The van der Waals surface area contributed by atoms with Crippen LogP contribution in [0.25, 0.3) is 0 Å². The van der Waals surface area contributed by atoms with Crippen LogP contribution in [-0.2, 0) is 9.59 Å². The zero-order chi connectivity index (χ0) is 21.0. The minimum Gasteiger partial charge on any atom is -0.478 e. The third kappa shape index (κ3) is 30.2. The van der Waals surface area contributed by atoms with Crippen LogP contribution in [0.15, 0.2) is 24.3 Å². The summed E-state index contributed by atoms with van der Waals surface area (Å²) in [4.78, 5) is 19.2. The van der Waals surface area contributed by atoms with Gasteiger partial charge < -0.3 is 20.4 Å². The lowest BCUT2D eigenvalue weighted by Crippen LogP contribution is -2.10. The zero-order valence-electron chi connectivity index (χ0n) is 16.7. The van der Waals surface area contributed by atoms with Crippen LogP contribution in [0.3, 0.4) is 0 Å². The van der Waals surface area contributed by atoms with Gasteiger partial charge >= 0.3 is 11.9 Å². The predicted molar refractivity (Wildman–Crippen MR) is 105 cm³/mol. The molecule has 0 amide bonds. The molecule has 0 aromatic carbocycles. The summed E-state index contributed by atoms with van der Waals surface area (Å²) in [7, 11) is 0. The Hall–Kier alpha value is -1.66. The van der Waals surface area contributed by atoms with Crippen LogP contribution in [-0.4, -0.2) is 45.1 Å². The molecule has 0 rings (SSSR count). The average molecular weight is 375 g/mol. The fourth-order valence-electron chi connectivity index (χ4n) is 1.61. The molecule has 0 saturated heterocycles. The van der Waals surface area contributed by atoms with Crippen LogP contribution in [0.1, 0.15) is 78.6 Å². The van der Waals surface area contributed by atoms with Gasteiger partial charge in [-0.15, -0.1) is 0 Å². The maximum atomic E-state index is 9.60. The second-order valence-corrected chi connectivity index (χ2v) is 6.27. The van der Waals surface area contributed by atoms with Gasteiger partial charge in [0.25, 0.3) is 0 Å². The van der Waals surface area contributed by atoms with Crippen LogP contribution >= 0.6 is 0 Å². The van der Waals surface area contributed by atoms with Crippen molar-refractivity contribution in [2.45, 2.75) is 84.7 Å². The van der Waals surface area contributed by atoms with Crippen LogP contribution in [0, 0.1) is 0 Å². The molecule has 4 N–H and O–H groups in total. The summed E-state index contributed by atoms with van der Waals surface area (Å²) in [5.41, 5.74) is 0.352. The quantitative estimate of drug-likeness (QED) is 0.301. The molecular weight excluding hydrogens is 336 g/mol. The number of hydrogen-bond acceptors (Lipinski definition) is 4. The number of carboxylic acids is 2. The Morgan fingerprint density at radius 2 is 1.12 bits per heavy atom. The fraction of sp³-hybridized carbons (Fsp3) is 0.700. The van der Waals surface area contributed by atoms with Gasteiger partial charge in [0.05, 0.1) is 12.7 Å². The van der Waals surface area contributed by atoms with Gasteiger partial charge in [0.1, 0.15) is 0 Å². The number of aliphatic carboxylic acids is 2. The average Bonchev–Trinajstić information content (AvgIpc) is 2.57. The molecule has 0 bridgehead atoms. The molecule has 154 valence electrons. The summed E-state index contributed by atoms with van der Waals surface area (Å²) < 4.78 is 0. The van der Waals surface area contributed by atoms with Crippen LogP contribution in [0.5, 0.6) is 0 Å². The molecule has 0 aromatic heterocycles. The molecule has 0 aliphatic heterocycles. The lowest BCUT2D eigenvalue weighted by Gasteiger charge is -2.06. The first-order chi connectivity index (χ1) is 12.1. The maximum absolute atomic E-state index is 9.60. The molecule has 1 atom stereocenters. The van der Waals surface area contributed by atoms with Crippen molar-refractivity contribution in [1.82, 2.24) is 0 Å². The van der Waals surface area contributed by atoms with Crippen molar-refractivity contribution in [2.75, 3.05) is 6.61 Å². The number of hydrogen-bond donors (Lipinski definition) is 4. The minimum atomic E-state index is -0.935. The van der Waals surface area contributed by atoms with E-state index >= 15 is 0 Å². The van der Waals surface area contributed by atoms with E-state index in [0.29, 0.717) is 0 Å². The Morgan fingerprint density at radius 3 is 1.38 bits per heavy atom. The Morgan fingerprint density at radius 1 is 0.808 bits per heavy atom. The molecule has 0 fully saturated rings. The van der Waals surface area contributed by atoms with E-state index < -0.39 is 18.0 Å². The highest BCUT2D eigenvalue weighted by Crippen LogP contribution is 2.10. The van der Waals surface area contributed by atoms with Crippen molar-refractivity contribution < 1.29 is 30.0 Å². The van der Waals surface area contributed by atoms with Crippen molar-refractivity contribution in [1.29, 1.82) is 0 Å². The Bertz CT molecular complexity index is 342. The smallest absolute Gasteiger partial charge is 0.330 e. The van der Waals surface area contributed by atoms with Gasteiger partial charge in [-0.05, 0) is 20.3 Å². The van der Waals surface area contributed by atoms with E-state index in [2.05, 4.69) is 20.1 Å². The van der Waals surface area contributed by atoms with Gasteiger partial charge in [0, 0.05) is 11.1 Å². The third-order valence-electron chi connectivity index (χ3n) is 3.33. The number of carboxylic acid groups (broad SMARTS) is 2. The lowest BCUT2D eigenvalue weighted by molar-refractivity contribution is -0.133. The fourth-order valence-corrected chi connectivity index (χ4v) is 1.61. The zero-order valence-corrected chi connectivity index (χ0v) is 16.7. The van der Waals surface area contributed by atoms with Crippen molar-refractivity contribution >= 4 is 11.9 Å². The highest BCUT2D eigenvalue weighted by Gasteiger charge is 2.00. The van der Waals surface area contributed by atoms with Crippen molar-refractivity contribution in [3.05, 3.63) is 24.3 Å². The van der Waals surface area contributed by atoms with Gasteiger partial charge in [-0.3, -0.25) is 0 Å². The first-order valence-corrected chi connectivity index (χ1v) is 9.16. The molecule has 0 spiro atoms. The van der Waals surface area contributed by atoms with Gasteiger partial charge in [-0.2, -0.15) is 0 Å². The Labute approximate surface area is 158 Å². The van der Waals surface area contributed by atoms with Gasteiger partial charge in [0.15, 0.2) is 0 Å². The molecule has 0 heterocycles. The Balaban J connectivity index is -0.000000364. The summed E-state index contributed by atoms with van der Waals surface area (Å²) in [6, 6.07) is 0. The van der Waals surface area contributed by atoms with Crippen LogP contribution in [0.4, 0.5) is 0 Å². The summed E-state index contributed by atoms with van der Waals surface area (Å²) in [5.74, 6) is -1.87. The molecular formula is C20H38O6. The second kappa shape index (κ2) is 21.4. The third-order valence-corrected chi connectivity index (χ3v) is 3.33. The molecule has 26 heavy (non-hydrogen) atoms. The molecule has 6 heteroatoms. The van der Waals surface area contributed by atoms with Gasteiger partial charge in [0.2, 0.25) is 0 Å². The molecule has 0 radical (unpaired) electrons.